The molecule has 0 amide bonds. The van der Waals surface area contributed by atoms with Gasteiger partial charge in [0, 0.05) is 9.58 Å². The highest BCUT2D eigenvalue weighted by Gasteiger charge is 2.16. The molecule has 0 saturated heterocycles. The highest BCUT2D eigenvalue weighted by Crippen LogP contribution is 2.34. The van der Waals surface area contributed by atoms with Gasteiger partial charge in [-0.25, -0.2) is 0 Å². The summed E-state index contributed by atoms with van der Waals surface area (Å²) in [5.74, 6) is 0. The Morgan fingerprint density at radius 3 is 2.56 bits per heavy atom. The van der Waals surface area contributed by atoms with E-state index in [-0.39, 0.29) is 5.41 Å². The Morgan fingerprint density at radius 1 is 1.19 bits per heavy atom. The largest absolute Gasteiger partial charge is 0.330 e. The number of hydrogen-bond acceptors (Lipinski definition) is 2. The van der Waals surface area contributed by atoms with Gasteiger partial charge in [0.25, 0.3) is 0 Å². The van der Waals surface area contributed by atoms with Crippen molar-refractivity contribution in [2.45, 2.75) is 32.6 Å². The second-order valence-corrected chi connectivity index (χ2v) is 6.36. The van der Waals surface area contributed by atoms with Crippen molar-refractivity contribution in [3.05, 3.63) is 34.7 Å². The fraction of sp³-hybridized carbons (Fsp3) is 0.429. The SMILES string of the molecule is CC(C)(C)c1cc2ccc(CCN)cc2s1. The van der Waals surface area contributed by atoms with E-state index in [9.17, 15) is 0 Å². The van der Waals surface area contributed by atoms with E-state index < -0.39 is 0 Å². The van der Waals surface area contributed by atoms with E-state index in [1.54, 1.807) is 0 Å². The lowest BCUT2D eigenvalue weighted by Crippen LogP contribution is -2.07. The summed E-state index contributed by atoms with van der Waals surface area (Å²) in [5.41, 5.74) is 7.17. The van der Waals surface area contributed by atoms with Gasteiger partial charge in [-0.1, -0.05) is 32.9 Å². The summed E-state index contributed by atoms with van der Waals surface area (Å²) in [7, 11) is 0. The van der Waals surface area contributed by atoms with Crippen LogP contribution >= 0.6 is 11.3 Å². The van der Waals surface area contributed by atoms with Crippen LogP contribution in [-0.4, -0.2) is 6.54 Å². The van der Waals surface area contributed by atoms with Crippen LogP contribution in [0.2, 0.25) is 0 Å². The predicted octanol–water partition coefficient (Wildman–Crippen LogP) is 3.70. The zero-order chi connectivity index (χ0) is 11.8. The Labute approximate surface area is 101 Å². The van der Waals surface area contributed by atoms with Gasteiger partial charge >= 0.3 is 0 Å². The molecule has 0 atom stereocenters. The van der Waals surface area contributed by atoms with E-state index >= 15 is 0 Å². The van der Waals surface area contributed by atoms with Crippen molar-refractivity contribution in [2.24, 2.45) is 5.73 Å². The zero-order valence-electron chi connectivity index (χ0n) is 10.2. The minimum atomic E-state index is 0.248. The van der Waals surface area contributed by atoms with Crippen LogP contribution in [0, 0.1) is 0 Å². The van der Waals surface area contributed by atoms with Gasteiger partial charge < -0.3 is 5.73 Å². The van der Waals surface area contributed by atoms with Gasteiger partial charge in [0.2, 0.25) is 0 Å². The third kappa shape index (κ3) is 2.28. The van der Waals surface area contributed by atoms with Crippen molar-refractivity contribution in [1.29, 1.82) is 0 Å². The third-order valence-electron chi connectivity index (χ3n) is 2.76. The molecule has 2 rings (SSSR count). The van der Waals surface area contributed by atoms with Gasteiger partial charge in [0.15, 0.2) is 0 Å². The third-order valence-corrected chi connectivity index (χ3v) is 4.28. The van der Waals surface area contributed by atoms with Crippen LogP contribution in [0.1, 0.15) is 31.2 Å². The first-order valence-electron chi connectivity index (χ1n) is 5.74. The summed E-state index contributed by atoms with van der Waals surface area (Å²) in [6.45, 7) is 7.51. The van der Waals surface area contributed by atoms with Gasteiger partial charge in [0.05, 0.1) is 0 Å². The Hall–Kier alpha value is -0.860. The normalized spacial score (nSPS) is 12.2. The summed E-state index contributed by atoms with van der Waals surface area (Å²) < 4.78 is 1.39. The number of thiophene rings is 1. The fourth-order valence-electron chi connectivity index (χ4n) is 1.77. The molecule has 2 aromatic rings. The number of rotatable bonds is 2. The zero-order valence-corrected chi connectivity index (χ0v) is 11.0. The predicted molar refractivity (Wildman–Crippen MR) is 73.3 cm³/mol. The number of fused-ring (bicyclic) bond motifs is 1. The van der Waals surface area contributed by atoms with Crippen molar-refractivity contribution in [3.63, 3.8) is 0 Å². The fourth-order valence-corrected chi connectivity index (χ4v) is 2.95. The molecule has 0 fully saturated rings. The number of nitrogens with two attached hydrogens (primary N) is 1. The molecule has 2 heteroatoms. The van der Waals surface area contributed by atoms with Crippen molar-refractivity contribution in [1.82, 2.24) is 0 Å². The molecule has 86 valence electrons. The molecule has 1 heterocycles. The van der Waals surface area contributed by atoms with E-state index in [0.717, 1.165) is 13.0 Å². The first kappa shape index (κ1) is 11.6. The second kappa shape index (κ2) is 4.19. The van der Waals surface area contributed by atoms with Crippen LogP contribution in [-0.2, 0) is 11.8 Å². The maximum Gasteiger partial charge on any atom is 0.0348 e. The quantitative estimate of drug-likeness (QED) is 0.841. The highest BCUT2D eigenvalue weighted by atomic mass is 32.1. The monoisotopic (exact) mass is 233 g/mol. The van der Waals surface area contributed by atoms with E-state index in [2.05, 4.69) is 45.0 Å². The van der Waals surface area contributed by atoms with Gasteiger partial charge in [-0.3, -0.25) is 0 Å². The molecule has 1 nitrogen and oxygen atoms in total. The molecule has 0 spiro atoms. The molecule has 0 radical (unpaired) electrons. The Balaban J connectivity index is 2.46. The molecule has 0 unspecified atom stereocenters. The Kier molecular flexibility index (Phi) is 3.04. The Bertz CT molecular complexity index is 491. The van der Waals surface area contributed by atoms with E-state index in [1.165, 1.54) is 20.5 Å². The minimum absolute atomic E-state index is 0.248. The van der Waals surface area contributed by atoms with Crippen molar-refractivity contribution >= 4 is 21.4 Å². The summed E-state index contributed by atoms with van der Waals surface area (Å²) in [5, 5.41) is 1.36. The molecule has 0 aliphatic rings. The van der Waals surface area contributed by atoms with Gasteiger partial charge in [-0.2, -0.15) is 0 Å². The van der Waals surface area contributed by atoms with Crippen LogP contribution in [0.5, 0.6) is 0 Å². The first-order valence-corrected chi connectivity index (χ1v) is 6.55. The lowest BCUT2D eigenvalue weighted by Gasteiger charge is -2.14. The molecule has 2 N–H and O–H groups in total. The van der Waals surface area contributed by atoms with Crippen LogP contribution in [0.15, 0.2) is 24.3 Å². The molecule has 1 aromatic heterocycles. The van der Waals surface area contributed by atoms with Crippen LogP contribution < -0.4 is 5.73 Å². The maximum absolute atomic E-state index is 5.58. The van der Waals surface area contributed by atoms with Crippen molar-refractivity contribution in [2.75, 3.05) is 6.54 Å². The number of hydrogen-bond donors (Lipinski definition) is 1. The average Bonchev–Trinajstić information content (AvgIpc) is 2.60. The minimum Gasteiger partial charge on any atom is -0.330 e. The Morgan fingerprint density at radius 2 is 1.94 bits per heavy atom. The van der Waals surface area contributed by atoms with Crippen LogP contribution in [0.25, 0.3) is 10.1 Å². The summed E-state index contributed by atoms with van der Waals surface area (Å²) >= 11 is 1.90. The van der Waals surface area contributed by atoms with Crippen molar-refractivity contribution in [3.8, 4) is 0 Å². The first-order chi connectivity index (χ1) is 7.50. The molecule has 0 saturated carbocycles. The topological polar surface area (TPSA) is 26.0 Å². The van der Waals surface area contributed by atoms with Crippen molar-refractivity contribution < 1.29 is 0 Å². The molecule has 0 bridgehead atoms. The van der Waals surface area contributed by atoms with Gasteiger partial charge in [0.1, 0.15) is 0 Å². The molecule has 0 aliphatic carbocycles. The summed E-state index contributed by atoms with van der Waals surface area (Å²) in [6.07, 6.45) is 0.971. The smallest absolute Gasteiger partial charge is 0.0348 e. The number of benzene rings is 1. The molecular formula is C14H19NS. The van der Waals surface area contributed by atoms with E-state index in [1.807, 2.05) is 11.3 Å². The van der Waals surface area contributed by atoms with Crippen LogP contribution in [0.3, 0.4) is 0 Å². The van der Waals surface area contributed by atoms with E-state index in [0.29, 0.717) is 0 Å². The molecule has 0 aliphatic heterocycles. The molecule has 1 aromatic carbocycles. The van der Waals surface area contributed by atoms with E-state index in [4.69, 9.17) is 5.73 Å². The summed E-state index contributed by atoms with van der Waals surface area (Å²) in [4.78, 5) is 1.45. The van der Waals surface area contributed by atoms with Gasteiger partial charge in [-0.15, -0.1) is 11.3 Å². The van der Waals surface area contributed by atoms with Crippen LogP contribution in [0.4, 0.5) is 0 Å². The lowest BCUT2D eigenvalue weighted by molar-refractivity contribution is 0.604. The van der Waals surface area contributed by atoms with Gasteiger partial charge in [-0.05, 0) is 41.5 Å². The second-order valence-electron chi connectivity index (χ2n) is 5.27. The molecule has 16 heavy (non-hydrogen) atoms. The maximum atomic E-state index is 5.58. The standard InChI is InChI=1S/C14H19NS/c1-14(2,3)13-9-11-5-4-10(6-7-15)8-12(11)16-13/h4-5,8-9H,6-7,15H2,1-3H3. The lowest BCUT2D eigenvalue weighted by atomic mass is 9.94. The molecular weight excluding hydrogens is 214 g/mol. The highest BCUT2D eigenvalue weighted by molar-refractivity contribution is 7.19. The summed E-state index contributed by atoms with van der Waals surface area (Å²) in [6, 6.07) is 8.99. The average molecular weight is 233 g/mol.